The summed E-state index contributed by atoms with van der Waals surface area (Å²) in [7, 11) is 3.36. The topological polar surface area (TPSA) is 43.1 Å². The van der Waals surface area contributed by atoms with Crippen LogP contribution in [0.4, 0.5) is 0 Å². The summed E-state index contributed by atoms with van der Waals surface area (Å²) in [6, 6.07) is 18.6. The molecule has 2 aromatic carbocycles. The highest BCUT2D eigenvalue weighted by molar-refractivity contribution is 7.10. The van der Waals surface area contributed by atoms with Gasteiger partial charge < -0.3 is 19.5 Å². The Morgan fingerprint density at radius 1 is 1.07 bits per heavy atom. The Balaban J connectivity index is 1.71. The number of thiophene rings is 1. The molecule has 5 heteroatoms. The van der Waals surface area contributed by atoms with Crippen LogP contribution < -0.4 is 14.4 Å². The summed E-state index contributed by atoms with van der Waals surface area (Å²) in [5.41, 5.74) is 3.54. The van der Waals surface area contributed by atoms with Gasteiger partial charge >= 0.3 is 0 Å². The second-order valence-electron chi connectivity index (χ2n) is 7.14. The molecule has 4 rings (SSSR count). The number of fused-ring (bicyclic) bond motifs is 1. The van der Waals surface area contributed by atoms with Crippen LogP contribution in [0, 0.1) is 0 Å². The smallest absolute Gasteiger partial charge is 0.161 e. The van der Waals surface area contributed by atoms with Crippen LogP contribution in [0.3, 0.4) is 0 Å². The van der Waals surface area contributed by atoms with E-state index in [-0.39, 0.29) is 6.04 Å². The summed E-state index contributed by atoms with van der Waals surface area (Å²) in [4.78, 5) is 2.68. The maximum atomic E-state index is 10.9. The highest BCUT2D eigenvalue weighted by Crippen LogP contribution is 2.37. The Morgan fingerprint density at radius 2 is 1.82 bits per heavy atom. The van der Waals surface area contributed by atoms with Crippen molar-refractivity contribution in [2.45, 2.75) is 18.6 Å². The van der Waals surface area contributed by atoms with Gasteiger partial charge in [-0.1, -0.05) is 36.4 Å². The van der Waals surface area contributed by atoms with E-state index in [1.165, 1.54) is 20.9 Å². The average Bonchev–Trinajstić information content (AvgIpc) is 3.27. The van der Waals surface area contributed by atoms with E-state index in [0.717, 1.165) is 30.0 Å². The fourth-order valence-electron chi connectivity index (χ4n) is 4.15. The van der Waals surface area contributed by atoms with Gasteiger partial charge in [0.25, 0.3) is 0 Å². The number of quaternary nitrogens is 1. The molecule has 146 valence electrons. The zero-order valence-electron chi connectivity index (χ0n) is 16.2. The maximum absolute atomic E-state index is 10.9. The molecule has 3 aromatic rings. The quantitative estimate of drug-likeness (QED) is 0.673. The second kappa shape index (κ2) is 8.35. The molecule has 1 aliphatic heterocycles. The molecule has 0 spiro atoms. The van der Waals surface area contributed by atoms with E-state index in [4.69, 9.17) is 9.47 Å². The van der Waals surface area contributed by atoms with Crippen molar-refractivity contribution in [1.82, 2.24) is 0 Å². The maximum Gasteiger partial charge on any atom is 0.161 e. The monoisotopic (exact) mass is 396 g/mol. The third kappa shape index (κ3) is 3.65. The lowest BCUT2D eigenvalue weighted by Gasteiger charge is -2.35. The van der Waals surface area contributed by atoms with E-state index in [1.54, 1.807) is 25.6 Å². The minimum absolute atomic E-state index is 0.182. The summed E-state index contributed by atoms with van der Waals surface area (Å²) >= 11 is 1.77. The van der Waals surface area contributed by atoms with Crippen LogP contribution in [0.2, 0.25) is 0 Å². The summed E-state index contributed by atoms with van der Waals surface area (Å²) in [5.74, 6) is 1.53. The number of nitrogens with one attached hydrogen (secondary N) is 1. The molecular weight excluding hydrogens is 370 g/mol. The molecule has 0 saturated carbocycles. The molecule has 2 heterocycles. The van der Waals surface area contributed by atoms with Gasteiger partial charge in [0.1, 0.15) is 18.7 Å². The van der Waals surface area contributed by atoms with E-state index in [2.05, 4.69) is 29.6 Å². The molecule has 0 aliphatic carbocycles. The van der Waals surface area contributed by atoms with Crippen molar-refractivity contribution >= 4 is 11.3 Å². The number of rotatable bonds is 6. The summed E-state index contributed by atoms with van der Waals surface area (Å²) in [5, 5.41) is 13.0. The highest BCUT2D eigenvalue weighted by Gasteiger charge is 2.35. The number of ether oxygens (including phenoxy) is 2. The van der Waals surface area contributed by atoms with Crippen LogP contribution in [0.5, 0.6) is 11.5 Å². The first-order chi connectivity index (χ1) is 13.7. The molecule has 0 fully saturated rings. The Morgan fingerprint density at radius 3 is 2.50 bits per heavy atom. The van der Waals surface area contributed by atoms with E-state index in [1.807, 2.05) is 30.3 Å². The normalized spacial score (nSPS) is 19.7. The number of hydrogen-bond donors (Lipinski definition) is 2. The third-order valence-electron chi connectivity index (χ3n) is 5.55. The van der Waals surface area contributed by atoms with E-state index >= 15 is 0 Å². The molecular formula is C23H26NO3S+. The highest BCUT2D eigenvalue weighted by atomic mass is 32.1. The summed E-state index contributed by atoms with van der Waals surface area (Å²) < 4.78 is 11.1. The zero-order valence-corrected chi connectivity index (χ0v) is 17.0. The number of aliphatic hydroxyl groups is 1. The minimum atomic E-state index is -0.486. The average molecular weight is 397 g/mol. The van der Waals surface area contributed by atoms with Gasteiger partial charge in [0.2, 0.25) is 0 Å². The van der Waals surface area contributed by atoms with Crippen LogP contribution in [0.25, 0.3) is 0 Å². The number of benzene rings is 2. The first-order valence-corrected chi connectivity index (χ1v) is 10.4. The lowest BCUT2D eigenvalue weighted by molar-refractivity contribution is -0.931. The molecule has 0 amide bonds. The van der Waals surface area contributed by atoms with Gasteiger partial charge in [0.05, 0.1) is 25.6 Å². The molecule has 4 nitrogen and oxygen atoms in total. The fraction of sp³-hybridized carbons (Fsp3) is 0.304. The van der Waals surface area contributed by atoms with Crippen LogP contribution >= 0.6 is 11.3 Å². The van der Waals surface area contributed by atoms with E-state index in [9.17, 15) is 5.11 Å². The predicted octanol–water partition coefficient (Wildman–Crippen LogP) is 3.03. The zero-order chi connectivity index (χ0) is 19.5. The Hall–Kier alpha value is -2.34. The van der Waals surface area contributed by atoms with Gasteiger partial charge in [-0.05, 0) is 34.7 Å². The SMILES string of the molecule is COc1cc2c(cc1OC)[C@H](c1cccs1)[NH+](C[C@H](O)c1ccccc1)CC2. The van der Waals surface area contributed by atoms with Gasteiger partial charge in [0, 0.05) is 12.0 Å². The third-order valence-corrected chi connectivity index (χ3v) is 6.48. The first-order valence-electron chi connectivity index (χ1n) is 9.57. The predicted molar refractivity (Wildman–Crippen MR) is 112 cm³/mol. The molecule has 0 radical (unpaired) electrons. The van der Waals surface area contributed by atoms with Gasteiger partial charge in [0.15, 0.2) is 11.5 Å². The second-order valence-corrected chi connectivity index (χ2v) is 8.12. The largest absolute Gasteiger partial charge is 0.493 e. The fourth-order valence-corrected chi connectivity index (χ4v) is 5.05. The first kappa shape index (κ1) is 19.0. The van der Waals surface area contributed by atoms with Gasteiger partial charge in [-0.3, -0.25) is 0 Å². The van der Waals surface area contributed by atoms with Crippen molar-refractivity contribution in [2.24, 2.45) is 0 Å². The van der Waals surface area contributed by atoms with Crippen molar-refractivity contribution in [2.75, 3.05) is 27.3 Å². The number of hydrogen-bond acceptors (Lipinski definition) is 4. The molecule has 3 atom stereocenters. The Labute approximate surface area is 170 Å². The molecule has 1 aliphatic rings. The number of methoxy groups -OCH3 is 2. The lowest BCUT2D eigenvalue weighted by Crippen LogP contribution is -3.14. The Bertz CT molecular complexity index is 911. The molecule has 28 heavy (non-hydrogen) atoms. The van der Waals surface area contributed by atoms with Crippen LogP contribution in [0.15, 0.2) is 60.0 Å². The summed E-state index contributed by atoms with van der Waals surface area (Å²) in [6.45, 7) is 1.63. The molecule has 0 saturated heterocycles. The van der Waals surface area contributed by atoms with E-state index in [0.29, 0.717) is 6.54 Å². The minimum Gasteiger partial charge on any atom is -0.493 e. The molecule has 2 N–H and O–H groups in total. The van der Waals surface area contributed by atoms with Crippen molar-refractivity contribution in [3.8, 4) is 11.5 Å². The molecule has 1 aromatic heterocycles. The van der Waals surface area contributed by atoms with Crippen molar-refractivity contribution in [3.05, 3.63) is 81.5 Å². The lowest BCUT2D eigenvalue weighted by atomic mass is 9.90. The molecule has 0 bridgehead atoms. The number of aliphatic hydroxyl groups excluding tert-OH is 1. The van der Waals surface area contributed by atoms with Crippen molar-refractivity contribution in [1.29, 1.82) is 0 Å². The van der Waals surface area contributed by atoms with Gasteiger partial charge in [-0.2, -0.15) is 0 Å². The molecule has 1 unspecified atom stereocenters. The van der Waals surface area contributed by atoms with Crippen molar-refractivity contribution < 1.29 is 19.5 Å². The van der Waals surface area contributed by atoms with Gasteiger partial charge in [-0.15, -0.1) is 11.3 Å². The van der Waals surface area contributed by atoms with E-state index < -0.39 is 6.10 Å². The summed E-state index contributed by atoms with van der Waals surface area (Å²) in [6.07, 6.45) is 0.467. The standard InChI is InChI=1S/C23H25NO3S/c1-26-20-13-17-10-11-24(15-19(25)16-7-4-3-5-8-16)23(22-9-6-12-28-22)18(17)14-21(20)27-2/h3-9,12-14,19,23,25H,10-11,15H2,1-2H3/p+1/t19-,23+/m0/s1. The van der Waals surface area contributed by atoms with Gasteiger partial charge in [-0.25, -0.2) is 0 Å². The van der Waals surface area contributed by atoms with Crippen LogP contribution in [-0.2, 0) is 6.42 Å². The van der Waals surface area contributed by atoms with Crippen LogP contribution in [-0.4, -0.2) is 32.4 Å². The van der Waals surface area contributed by atoms with Crippen molar-refractivity contribution in [3.63, 3.8) is 0 Å². The Kier molecular flexibility index (Phi) is 5.67. The van der Waals surface area contributed by atoms with Crippen LogP contribution in [0.1, 0.15) is 33.7 Å².